The molecule has 26 heavy (non-hydrogen) atoms. The van der Waals surface area contributed by atoms with E-state index in [0.29, 0.717) is 11.6 Å². The van der Waals surface area contributed by atoms with Crippen LogP contribution >= 0.6 is 11.6 Å². The number of amides is 1. The predicted molar refractivity (Wildman–Crippen MR) is 107 cm³/mol. The molecular formula is C22H27ClN2O. The Labute approximate surface area is 161 Å². The number of carbonyl (C=O) groups is 1. The lowest BCUT2D eigenvalue weighted by molar-refractivity contribution is 0.0785. The summed E-state index contributed by atoms with van der Waals surface area (Å²) >= 11 is 5.91. The first-order valence-corrected chi connectivity index (χ1v) is 9.70. The quantitative estimate of drug-likeness (QED) is 0.751. The Morgan fingerprint density at radius 2 is 1.62 bits per heavy atom. The first kappa shape index (κ1) is 18.9. The molecule has 138 valence electrons. The zero-order chi connectivity index (χ0) is 18.5. The Morgan fingerprint density at radius 3 is 2.23 bits per heavy atom. The minimum absolute atomic E-state index is 0.0401. The molecule has 0 spiro atoms. The van der Waals surface area contributed by atoms with Crippen LogP contribution in [-0.2, 0) is 13.1 Å². The largest absolute Gasteiger partial charge is 0.337 e. The van der Waals surface area contributed by atoms with Crippen molar-refractivity contribution in [3.05, 3.63) is 70.2 Å². The van der Waals surface area contributed by atoms with Crippen LogP contribution in [0, 0.1) is 5.92 Å². The molecule has 0 saturated carbocycles. The van der Waals surface area contributed by atoms with Gasteiger partial charge in [-0.15, -0.1) is 0 Å². The number of hydrogen-bond acceptors (Lipinski definition) is 2. The number of hydrogen-bond donors (Lipinski definition) is 0. The van der Waals surface area contributed by atoms with Gasteiger partial charge in [0.2, 0.25) is 0 Å². The molecule has 0 atom stereocenters. The van der Waals surface area contributed by atoms with Crippen LogP contribution in [0.2, 0.25) is 5.02 Å². The third kappa shape index (κ3) is 5.09. The number of carbonyl (C=O) groups excluding carboxylic acids is 1. The van der Waals surface area contributed by atoms with Gasteiger partial charge in [0.05, 0.1) is 0 Å². The summed E-state index contributed by atoms with van der Waals surface area (Å²) in [5, 5.41) is 0.710. The molecule has 4 heteroatoms. The van der Waals surface area contributed by atoms with Crippen molar-refractivity contribution < 1.29 is 4.79 Å². The molecule has 1 heterocycles. The van der Waals surface area contributed by atoms with Gasteiger partial charge in [-0.1, -0.05) is 42.8 Å². The van der Waals surface area contributed by atoms with E-state index in [1.54, 1.807) is 4.90 Å². The van der Waals surface area contributed by atoms with E-state index in [-0.39, 0.29) is 5.91 Å². The van der Waals surface area contributed by atoms with Crippen molar-refractivity contribution in [1.29, 1.82) is 0 Å². The van der Waals surface area contributed by atoms with Crippen molar-refractivity contribution in [2.75, 3.05) is 20.1 Å². The van der Waals surface area contributed by atoms with Crippen LogP contribution in [0.1, 0.15) is 41.3 Å². The SMILES string of the molecule is CC1CCN(Cc2ccc(C(=O)N(C)Cc3ccc(Cl)cc3)cc2)CC1. The number of benzene rings is 2. The molecule has 3 nitrogen and oxygen atoms in total. The van der Waals surface area contributed by atoms with Crippen molar-refractivity contribution in [2.24, 2.45) is 5.92 Å². The molecule has 1 fully saturated rings. The Kier molecular flexibility index (Phi) is 6.33. The van der Waals surface area contributed by atoms with E-state index in [1.165, 1.54) is 31.5 Å². The number of halogens is 1. The van der Waals surface area contributed by atoms with E-state index in [1.807, 2.05) is 43.4 Å². The third-order valence-corrected chi connectivity index (χ3v) is 5.41. The molecule has 0 aliphatic carbocycles. The predicted octanol–water partition coefficient (Wildman–Crippen LogP) is 4.84. The van der Waals surface area contributed by atoms with Crippen LogP contribution in [0.15, 0.2) is 48.5 Å². The van der Waals surface area contributed by atoms with Crippen LogP contribution in [0.3, 0.4) is 0 Å². The lowest BCUT2D eigenvalue weighted by atomic mass is 9.99. The minimum atomic E-state index is 0.0401. The van der Waals surface area contributed by atoms with E-state index in [9.17, 15) is 4.79 Å². The van der Waals surface area contributed by atoms with Gasteiger partial charge in [-0.3, -0.25) is 9.69 Å². The second kappa shape index (κ2) is 8.70. The zero-order valence-electron chi connectivity index (χ0n) is 15.6. The summed E-state index contributed by atoms with van der Waals surface area (Å²) in [5.41, 5.74) is 3.08. The van der Waals surface area contributed by atoms with Gasteiger partial charge < -0.3 is 4.90 Å². The number of piperidine rings is 1. The fraction of sp³-hybridized carbons (Fsp3) is 0.409. The lowest BCUT2D eigenvalue weighted by Crippen LogP contribution is -2.32. The van der Waals surface area contributed by atoms with Crippen LogP contribution in [0.25, 0.3) is 0 Å². The van der Waals surface area contributed by atoms with Gasteiger partial charge in [-0.2, -0.15) is 0 Å². The summed E-state index contributed by atoms with van der Waals surface area (Å²) in [5.74, 6) is 0.890. The monoisotopic (exact) mass is 370 g/mol. The molecule has 0 unspecified atom stereocenters. The van der Waals surface area contributed by atoms with Crippen molar-refractivity contribution in [1.82, 2.24) is 9.80 Å². The minimum Gasteiger partial charge on any atom is -0.337 e. The van der Waals surface area contributed by atoms with Crippen molar-refractivity contribution in [2.45, 2.75) is 32.9 Å². The Hall–Kier alpha value is -1.84. The van der Waals surface area contributed by atoms with Crippen molar-refractivity contribution in [3.63, 3.8) is 0 Å². The topological polar surface area (TPSA) is 23.6 Å². The molecule has 1 amide bonds. The summed E-state index contributed by atoms with van der Waals surface area (Å²) in [4.78, 5) is 16.9. The highest BCUT2D eigenvalue weighted by Crippen LogP contribution is 2.19. The maximum Gasteiger partial charge on any atom is 0.253 e. The van der Waals surface area contributed by atoms with Crippen LogP contribution in [0.4, 0.5) is 0 Å². The maximum absolute atomic E-state index is 12.6. The summed E-state index contributed by atoms with van der Waals surface area (Å²) in [7, 11) is 1.83. The van der Waals surface area contributed by atoms with Crippen LogP contribution in [-0.4, -0.2) is 35.8 Å². The summed E-state index contributed by atoms with van der Waals surface area (Å²) in [6, 6.07) is 15.7. The van der Waals surface area contributed by atoms with E-state index < -0.39 is 0 Å². The fourth-order valence-electron chi connectivity index (χ4n) is 3.39. The smallest absolute Gasteiger partial charge is 0.253 e. The molecular weight excluding hydrogens is 344 g/mol. The van der Waals surface area contributed by atoms with Gasteiger partial charge >= 0.3 is 0 Å². The molecule has 3 rings (SSSR count). The van der Waals surface area contributed by atoms with E-state index in [0.717, 1.165) is 23.6 Å². The standard InChI is InChI=1S/C22H27ClN2O/c1-17-11-13-25(14-12-17)16-19-3-7-20(8-4-19)22(26)24(2)15-18-5-9-21(23)10-6-18/h3-10,17H,11-16H2,1-2H3. The normalized spacial score (nSPS) is 15.8. The molecule has 1 aliphatic heterocycles. The number of likely N-dealkylation sites (tertiary alicyclic amines) is 1. The van der Waals surface area contributed by atoms with Gasteiger partial charge in [0.25, 0.3) is 5.91 Å². The Bertz CT molecular complexity index is 719. The molecule has 0 aromatic heterocycles. The van der Waals surface area contributed by atoms with Gasteiger partial charge in [0, 0.05) is 30.7 Å². The van der Waals surface area contributed by atoms with Gasteiger partial charge in [0.15, 0.2) is 0 Å². The zero-order valence-corrected chi connectivity index (χ0v) is 16.4. The summed E-state index contributed by atoms with van der Waals surface area (Å²) < 4.78 is 0. The molecule has 0 N–H and O–H groups in total. The molecule has 2 aromatic carbocycles. The Balaban J connectivity index is 1.56. The molecule has 2 aromatic rings. The molecule has 1 saturated heterocycles. The van der Waals surface area contributed by atoms with E-state index >= 15 is 0 Å². The maximum atomic E-state index is 12.6. The lowest BCUT2D eigenvalue weighted by Gasteiger charge is -2.30. The van der Waals surface area contributed by atoms with Crippen LogP contribution < -0.4 is 0 Å². The van der Waals surface area contributed by atoms with Gasteiger partial charge in [0.1, 0.15) is 0 Å². The first-order chi connectivity index (χ1) is 12.5. The second-order valence-electron chi connectivity index (χ2n) is 7.44. The van der Waals surface area contributed by atoms with Crippen molar-refractivity contribution >= 4 is 17.5 Å². The van der Waals surface area contributed by atoms with Gasteiger partial charge in [-0.25, -0.2) is 0 Å². The average Bonchev–Trinajstić information content (AvgIpc) is 2.65. The third-order valence-electron chi connectivity index (χ3n) is 5.16. The van der Waals surface area contributed by atoms with E-state index in [2.05, 4.69) is 24.0 Å². The highest BCUT2D eigenvalue weighted by Gasteiger charge is 2.16. The number of nitrogens with zero attached hydrogens (tertiary/aromatic N) is 2. The highest BCUT2D eigenvalue weighted by molar-refractivity contribution is 6.30. The first-order valence-electron chi connectivity index (χ1n) is 9.32. The molecule has 1 aliphatic rings. The molecule has 0 radical (unpaired) electrons. The number of rotatable bonds is 5. The Morgan fingerprint density at radius 1 is 1.04 bits per heavy atom. The highest BCUT2D eigenvalue weighted by atomic mass is 35.5. The average molecular weight is 371 g/mol. The molecule has 0 bridgehead atoms. The van der Waals surface area contributed by atoms with Gasteiger partial charge in [-0.05, 0) is 67.2 Å². The summed E-state index contributed by atoms with van der Waals surface area (Å²) in [6.07, 6.45) is 2.57. The summed E-state index contributed by atoms with van der Waals surface area (Å²) in [6.45, 7) is 6.22. The van der Waals surface area contributed by atoms with Crippen LogP contribution in [0.5, 0.6) is 0 Å². The second-order valence-corrected chi connectivity index (χ2v) is 7.88. The fourth-order valence-corrected chi connectivity index (χ4v) is 3.51. The van der Waals surface area contributed by atoms with Crippen molar-refractivity contribution in [3.8, 4) is 0 Å². The van der Waals surface area contributed by atoms with E-state index in [4.69, 9.17) is 11.6 Å².